The molecule has 0 aliphatic heterocycles. The Kier molecular flexibility index (Phi) is 3.26. The fraction of sp³-hybridized carbons (Fsp3) is 0.556. The van der Waals surface area contributed by atoms with Crippen molar-refractivity contribution in [2.75, 3.05) is 7.11 Å². The van der Waals surface area contributed by atoms with Crippen LogP contribution in [0.1, 0.15) is 23.5 Å². The molecule has 68 valence electrons. The molecular formula is C9H14O2S. The predicted molar refractivity (Wildman–Crippen MR) is 50.5 cm³/mol. The van der Waals surface area contributed by atoms with Gasteiger partial charge in [0.25, 0.3) is 0 Å². The lowest BCUT2D eigenvalue weighted by Crippen LogP contribution is -2.16. The molecule has 1 aromatic rings. The number of aliphatic hydroxyl groups excluding tert-OH is 1. The first kappa shape index (κ1) is 9.71. The average Bonchev–Trinajstić information content (AvgIpc) is 2.48. The maximum Gasteiger partial charge on any atom is 0.114 e. The first-order valence-corrected chi connectivity index (χ1v) is 4.79. The van der Waals surface area contributed by atoms with Crippen LogP contribution < -0.4 is 0 Å². The third-order valence-electron chi connectivity index (χ3n) is 1.99. The van der Waals surface area contributed by atoms with Crippen LogP contribution in [0.3, 0.4) is 0 Å². The minimum atomic E-state index is -0.491. The van der Waals surface area contributed by atoms with Gasteiger partial charge in [0.15, 0.2) is 0 Å². The minimum Gasteiger partial charge on any atom is -0.385 e. The molecule has 3 heteroatoms. The van der Waals surface area contributed by atoms with Gasteiger partial charge in [-0.05, 0) is 30.9 Å². The van der Waals surface area contributed by atoms with Crippen molar-refractivity contribution in [2.24, 2.45) is 0 Å². The summed E-state index contributed by atoms with van der Waals surface area (Å²) in [5.41, 5.74) is 1.14. The molecule has 2 atom stereocenters. The van der Waals surface area contributed by atoms with Gasteiger partial charge in [-0.25, -0.2) is 0 Å². The zero-order valence-corrected chi connectivity index (χ0v) is 8.39. The number of hydrogen-bond donors (Lipinski definition) is 1. The van der Waals surface area contributed by atoms with Crippen molar-refractivity contribution in [2.45, 2.75) is 26.1 Å². The lowest BCUT2D eigenvalue weighted by atomic mass is 10.1. The molecule has 1 rings (SSSR count). The summed E-state index contributed by atoms with van der Waals surface area (Å²) in [6.45, 7) is 3.86. The molecule has 1 aromatic heterocycles. The Bertz CT molecular complexity index is 244. The van der Waals surface area contributed by atoms with Crippen LogP contribution in [0.15, 0.2) is 11.4 Å². The zero-order valence-electron chi connectivity index (χ0n) is 7.57. The average molecular weight is 186 g/mol. The molecule has 0 saturated heterocycles. The summed E-state index contributed by atoms with van der Waals surface area (Å²) >= 11 is 1.57. The number of aliphatic hydroxyl groups is 1. The highest BCUT2D eigenvalue weighted by Crippen LogP contribution is 2.26. The van der Waals surface area contributed by atoms with Crippen LogP contribution in [-0.4, -0.2) is 18.3 Å². The van der Waals surface area contributed by atoms with E-state index in [-0.39, 0.29) is 6.10 Å². The van der Waals surface area contributed by atoms with E-state index in [2.05, 4.69) is 0 Å². The van der Waals surface area contributed by atoms with Crippen molar-refractivity contribution in [1.29, 1.82) is 0 Å². The maximum absolute atomic E-state index is 9.74. The molecule has 0 spiro atoms. The summed E-state index contributed by atoms with van der Waals surface area (Å²) in [4.78, 5) is 1.00. The van der Waals surface area contributed by atoms with Gasteiger partial charge < -0.3 is 9.84 Å². The summed E-state index contributed by atoms with van der Waals surface area (Å²) < 4.78 is 5.05. The van der Waals surface area contributed by atoms with Gasteiger partial charge in [0.1, 0.15) is 6.10 Å². The summed E-state index contributed by atoms with van der Waals surface area (Å²) in [6, 6.07) is 2.01. The molecule has 1 N–H and O–H groups in total. The van der Waals surface area contributed by atoms with Gasteiger partial charge in [-0.1, -0.05) is 0 Å². The Balaban J connectivity index is 2.77. The number of rotatable bonds is 3. The van der Waals surface area contributed by atoms with Crippen LogP contribution in [-0.2, 0) is 4.74 Å². The molecular weight excluding hydrogens is 172 g/mol. The molecule has 0 bridgehead atoms. The molecule has 2 nitrogen and oxygen atoms in total. The van der Waals surface area contributed by atoms with Crippen LogP contribution in [0, 0.1) is 6.92 Å². The van der Waals surface area contributed by atoms with E-state index in [1.54, 1.807) is 18.4 Å². The first-order chi connectivity index (χ1) is 5.66. The first-order valence-electron chi connectivity index (χ1n) is 3.91. The van der Waals surface area contributed by atoms with E-state index in [1.807, 2.05) is 25.3 Å². The molecule has 2 unspecified atom stereocenters. The number of aryl methyl sites for hydroxylation is 1. The normalized spacial score (nSPS) is 16.0. The predicted octanol–water partition coefficient (Wildman–Crippen LogP) is 2.12. The van der Waals surface area contributed by atoms with Gasteiger partial charge in [0.05, 0.1) is 6.10 Å². The highest BCUT2D eigenvalue weighted by atomic mass is 32.1. The standard InChI is InChI=1S/C9H14O2S/c1-6-4-5-12-9(6)8(10)7(2)11-3/h4-5,7-8,10H,1-3H3. The van der Waals surface area contributed by atoms with Gasteiger partial charge in [-0.2, -0.15) is 0 Å². The SMILES string of the molecule is COC(C)C(O)c1sccc1C. The number of methoxy groups -OCH3 is 1. The highest BCUT2D eigenvalue weighted by molar-refractivity contribution is 7.10. The molecule has 0 fully saturated rings. The van der Waals surface area contributed by atoms with Crippen LogP contribution in [0.25, 0.3) is 0 Å². The van der Waals surface area contributed by atoms with E-state index >= 15 is 0 Å². The molecule has 0 amide bonds. The van der Waals surface area contributed by atoms with E-state index in [1.165, 1.54) is 0 Å². The third kappa shape index (κ3) is 1.86. The second-order valence-electron chi connectivity index (χ2n) is 2.85. The summed E-state index contributed by atoms with van der Waals surface area (Å²) in [5.74, 6) is 0. The van der Waals surface area contributed by atoms with E-state index in [0.717, 1.165) is 10.4 Å². The Morgan fingerprint density at radius 2 is 2.25 bits per heavy atom. The summed E-state index contributed by atoms with van der Waals surface area (Å²) in [5, 5.41) is 11.7. The topological polar surface area (TPSA) is 29.5 Å². The van der Waals surface area contributed by atoms with Crippen LogP contribution in [0.4, 0.5) is 0 Å². The molecule has 1 heterocycles. The van der Waals surface area contributed by atoms with Crippen LogP contribution in [0.5, 0.6) is 0 Å². The molecule has 0 aliphatic carbocycles. The second kappa shape index (κ2) is 4.03. The lowest BCUT2D eigenvalue weighted by molar-refractivity contribution is 0.000156. The lowest BCUT2D eigenvalue weighted by Gasteiger charge is -2.16. The molecule has 0 saturated carbocycles. The number of hydrogen-bond acceptors (Lipinski definition) is 3. The van der Waals surface area contributed by atoms with Crippen molar-refractivity contribution in [3.63, 3.8) is 0 Å². The third-order valence-corrected chi connectivity index (χ3v) is 3.08. The smallest absolute Gasteiger partial charge is 0.114 e. The van der Waals surface area contributed by atoms with E-state index in [0.29, 0.717) is 0 Å². The Hall–Kier alpha value is -0.380. The largest absolute Gasteiger partial charge is 0.385 e. The van der Waals surface area contributed by atoms with Gasteiger partial charge >= 0.3 is 0 Å². The van der Waals surface area contributed by atoms with Gasteiger partial charge in [-0.3, -0.25) is 0 Å². The van der Waals surface area contributed by atoms with Crippen molar-refractivity contribution < 1.29 is 9.84 Å². The van der Waals surface area contributed by atoms with Crippen molar-refractivity contribution in [3.8, 4) is 0 Å². The monoisotopic (exact) mass is 186 g/mol. The Morgan fingerprint density at radius 3 is 2.67 bits per heavy atom. The second-order valence-corrected chi connectivity index (χ2v) is 3.80. The number of thiophene rings is 1. The minimum absolute atomic E-state index is 0.137. The van der Waals surface area contributed by atoms with Crippen LogP contribution >= 0.6 is 11.3 Å². The summed E-state index contributed by atoms with van der Waals surface area (Å²) in [7, 11) is 1.61. The van der Waals surface area contributed by atoms with E-state index in [4.69, 9.17) is 4.74 Å². The van der Waals surface area contributed by atoms with Gasteiger partial charge in [0, 0.05) is 12.0 Å². The van der Waals surface area contributed by atoms with Crippen molar-refractivity contribution in [3.05, 3.63) is 21.9 Å². The van der Waals surface area contributed by atoms with E-state index < -0.39 is 6.10 Å². The molecule has 0 aromatic carbocycles. The van der Waals surface area contributed by atoms with E-state index in [9.17, 15) is 5.11 Å². The molecule has 12 heavy (non-hydrogen) atoms. The Morgan fingerprint density at radius 1 is 1.58 bits per heavy atom. The zero-order chi connectivity index (χ0) is 9.14. The summed E-state index contributed by atoms with van der Waals surface area (Å²) in [6.07, 6.45) is -0.627. The van der Waals surface area contributed by atoms with Crippen LogP contribution in [0.2, 0.25) is 0 Å². The van der Waals surface area contributed by atoms with Gasteiger partial charge in [-0.15, -0.1) is 11.3 Å². The molecule has 0 radical (unpaired) electrons. The van der Waals surface area contributed by atoms with Gasteiger partial charge in [0.2, 0.25) is 0 Å². The molecule has 0 aliphatic rings. The fourth-order valence-electron chi connectivity index (χ4n) is 1.03. The Labute approximate surface area is 76.8 Å². The fourth-order valence-corrected chi connectivity index (χ4v) is 2.03. The van der Waals surface area contributed by atoms with Crippen molar-refractivity contribution in [1.82, 2.24) is 0 Å². The number of ether oxygens (including phenoxy) is 1. The quantitative estimate of drug-likeness (QED) is 0.783. The highest BCUT2D eigenvalue weighted by Gasteiger charge is 2.18. The van der Waals surface area contributed by atoms with Crippen molar-refractivity contribution >= 4 is 11.3 Å². The maximum atomic E-state index is 9.74.